The van der Waals surface area contributed by atoms with Crippen LogP contribution in [0.4, 0.5) is 0 Å². The molecule has 0 aromatic rings. The van der Waals surface area contributed by atoms with Crippen LogP contribution in [0, 0.1) is 0 Å². The molecule has 6 heteroatoms. The Morgan fingerprint density at radius 3 is 1.74 bits per heavy atom. The quantitative estimate of drug-likeness (QED) is 0.382. The zero-order chi connectivity index (χ0) is 14.2. The molecule has 6 nitrogen and oxygen atoms in total. The van der Waals surface area contributed by atoms with Crippen LogP contribution >= 0.6 is 0 Å². The van der Waals surface area contributed by atoms with Crippen molar-refractivity contribution in [3.63, 3.8) is 0 Å². The average Bonchev–Trinajstić information content (AvgIpc) is 2.43. The first kappa shape index (κ1) is 17.3. The minimum atomic E-state index is 0.423. The first-order valence-electron chi connectivity index (χ1n) is 6.99. The van der Waals surface area contributed by atoms with Crippen LogP contribution in [0.3, 0.4) is 0 Å². The Morgan fingerprint density at radius 1 is 0.789 bits per heavy atom. The van der Waals surface area contributed by atoms with E-state index in [1.54, 1.807) is 6.21 Å². The fraction of sp³-hybridized carbons (Fsp3) is 0.692. The van der Waals surface area contributed by atoms with Crippen molar-refractivity contribution in [2.75, 3.05) is 0 Å². The largest absolute Gasteiger partial charge is 0.257 e. The van der Waals surface area contributed by atoms with Crippen LogP contribution in [0.1, 0.15) is 59.3 Å². The van der Waals surface area contributed by atoms with E-state index in [0.717, 1.165) is 38.5 Å². The maximum Gasteiger partial charge on any atom is 0.257 e. The van der Waals surface area contributed by atoms with E-state index in [0.29, 0.717) is 5.96 Å². The van der Waals surface area contributed by atoms with Crippen LogP contribution < -0.4 is 10.9 Å². The van der Waals surface area contributed by atoms with Crippen LogP contribution in [0.5, 0.6) is 0 Å². The molecule has 0 saturated heterocycles. The number of hydrogen-bond donors (Lipinski definition) is 2. The molecule has 0 saturated carbocycles. The van der Waals surface area contributed by atoms with Crippen molar-refractivity contribution in [3.05, 3.63) is 0 Å². The highest BCUT2D eigenvalue weighted by molar-refractivity contribution is 5.81. The van der Waals surface area contributed by atoms with Crippen molar-refractivity contribution >= 4 is 24.6 Å². The number of hydrogen-bond acceptors (Lipinski definition) is 4. The van der Waals surface area contributed by atoms with Gasteiger partial charge in [0.05, 0.1) is 0 Å². The molecule has 2 N–H and O–H groups in total. The normalized spacial score (nSPS) is 11.5. The number of unbranched alkanes of at least 4 members (excludes halogenated alkanes) is 3. The first-order chi connectivity index (χ1) is 9.35. The highest BCUT2D eigenvalue weighted by Crippen LogP contribution is 1.84. The highest BCUT2D eigenvalue weighted by Gasteiger charge is 1.92. The number of rotatable bonds is 9. The fourth-order valence-corrected chi connectivity index (χ4v) is 0.956. The van der Waals surface area contributed by atoms with E-state index in [-0.39, 0.29) is 0 Å². The predicted molar refractivity (Wildman–Crippen MR) is 83.9 cm³/mol. The molecule has 108 valence electrons. The molecule has 0 unspecified atom stereocenters. The van der Waals surface area contributed by atoms with Gasteiger partial charge in [-0.25, -0.2) is 10.9 Å². The molecule has 0 aliphatic carbocycles. The van der Waals surface area contributed by atoms with E-state index in [1.165, 1.54) is 0 Å². The van der Waals surface area contributed by atoms with E-state index in [4.69, 9.17) is 0 Å². The predicted octanol–water partition coefficient (Wildman–Crippen LogP) is 2.88. The fourth-order valence-electron chi connectivity index (χ4n) is 0.956. The van der Waals surface area contributed by atoms with Gasteiger partial charge >= 0.3 is 0 Å². The van der Waals surface area contributed by atoms with Gasteiger partial charge in [0.1, 0.15) is 0 Å². The molecule has 0 radical (unpaired) electrons. The van der Waals surface area contributed by atoms with Crippen molar-refractivity contribution in [2.45, 2.75) is 59.3 Å². The maximum atomic E-state index is 4.04. The summed E-state index contributed by atoms with van der Waals surface area (Å²) in [5.41, 5.74) is 5.58. The third kappa shape index (κ3) is 12.5. The molecule has 0 rings (SSSR count). The smallest absolute Gasteiger partial charge is 0.245 e. The van der Waals surface area contributed by atoms with Crippen molar-refractivity contribution in [2.24, 2.45) is 20.4 Å². The topological polar surface area (TPSA) is 73.5 Å². The second kappa shape index (κ2) is 14.3. The molecule has 19 heavy (non-hydrogen) atoms. The summed E-state index contributed by atoms with van der Waals surface area (Å²) in [4.78, 5) is 0. The van der Waals surface area contributed by atoms with E-state index >= 15 is 0 Å². The lowest BCUT2D eigenvalue weighted by Gasteiger charge is -2.01. The third-order valence-corrected chi connectivity index (χ3v) is 2.02. The van der Waals surface area contributed by atoms with Gasteiger partial charge in [0.2, 0.25) is 0 Å². The van der Waals surface area contributed by atoms with Crippen LogP contribution in [0.2, 0.25) is 0 Å². The van der Waals surface area contributed by atoms with Crippen molar-refractivity contribution in [3.8, 4) is 0 Å². The van der Waals surface area contributed by atoms with Gasteiger partial charge < -0.3 is 0 Å². The van der Waals surface area contributed by atoms with Crippen molar-refractivity contribution in [1.29, 1.82) is 0 Å². The number of hydrazone groups is 2. The summed E-state index contributed by atoms with van der Waals surface area (Å²) < 4.78 is 0. The highest BCUT2D eigenvalue weighted by atomic mass is 15.5. The first-order valence-corrected chi connectivity index (χ1v) is 6.99. The summed E-state index contributed by atoms with van der Waals surface area (Å²) in [5, 5.41) is 16.0. The molecule has 0 aromatic carbocycles. The molecule has 0 aliphatic rings. The molecular formula is C13H26N6. The monoisotopic (exact) mass is 266 g/mol. The lowest BCUT2D eigenvalue weighted by Crippen LogP contribution is -2.30. The van der Waals surface area contributed by atoms with Crippen LogP contribution in [-0.4, -0.2) is 24.6 Å². The Balaban J connectivity index is 4.28. The summed E-state index contributed by atoms with van der Waals surface area (Å²) in [7, 11) is 0. The van der Waals surface area contributed by atoms with E-state index < -0.39 is 0 Å². The minimum Gasteiger partial charge on any atom is -0.245 e. The van der Waals surface area contributed by atoms with E-state index in [9.17, 15) is 0 Å². The lowest BCUT2D eigenvalue weighted by molar-refractivity contribution is 0.873. The van der Waals surface area contributed by atoms with E-state index in [2.05, 4.69) is 52.0 Å². The Hall–Kier alpha value is -1.72. The van der Waals surface area contributed by atoms with E-state index in [1.807, 2.05) is 12.4 Å². The number of guanidine groups is 1. The lowest BCUT2D eigenvalue weighted by atomic mass is 10.4. The zero-order valence-electron chi connectivity index (χ0n) is 12.3. The Kier molecular flexibility index (Phi) is 13.0. The Morgan fingerprint density at radius 2 is 1.26 bits per heavy atom. The Bertz CT molecular complexity index is 286. The summed E-state index contributed by atoms with van der Waals surface area (Å²) in [6, 6.07) is 0. The molecule has 0 fully saturated rings. The van der Waals surface area contributed by atoms with Crippen molar-refractivity contribution in [1.82, 2.24) is 10.9 Å². The van der Waals surface area contributed by atoms with Gasteiger partial charge in [0, 0.05) is 18.6 Å². The average molecular weight is 266 g/mol. The summed E-state index contributed by atoms with van der Waals surface area (Å²) in [6.45, 7) is 6.30. The van der Waals surface area contributed by atoms with Gasteiger partial charge in [0.25, 0.3) is 5.96 Å². The molecule has 0 amide bonds. The number of nitrogens with zero attached hydrogens (tertiary/aromatic N) is 4. The summed E-state index contributed by atoms with van der Waals surface area (Å²) in [6.07, 6.45) is 11.3. The van der Waals surface area contributed by atoms with Crippen LogP contribution in [-0.2, 0) is 0 Å². The summed E-state index contributed by atoms with van der Waals surface area (Å²) in [5.74, 6) is 0.423. The number of nitrogens with one attached hydrogen (secondary N) is 2. The SMILES string of the molecule is CCC/C=N\N=C(N/N=C\CCC)N/N=C\CCC. The second-order valence-corrected chi connectivity index (χ2v) is 3.96. The van der Waals surface area contributed by atoms with Crippen LogP contribution in [0.25, 0.3) is 0 Å². The molecular weight excluding hydrogens is 240 g/mol. The van der Waals surface area contributed by atoms with Gasteiger partial charge in [-0.1, -0.05) is 40.0 Å². The standard InChI is InChI=1S/C13H26N6/c1-4-7-10-14-17-13(18-15-11-8-5-2)19-16-12-9-6-3/h10-12H,4-9H2,1-3H3,(H2,17,18,19)/b14-10-,15-11-,16-12-. The van der Waals surface area contributed by atoms with Gasteiger partial charge in [-0.15, -0.1) is 5.10 Å². The summed E-state index contributed by atoms with van der Waals surface area (Å²) >= 11 is 0. The molecule has 0 aliphatic heterocycles. The van der Waals surface area contributed by atoms with Gasteiger partial charge in [0.15, 0.2) is 0 Å². The Labute approximate surface area is 116 Å². The third-order valence-electron chi connectivity index (χ3n) is 2.02. The van der Waals surface area contributed by atoms with Gasteiger partial charge in [-0.05, 0) is 19.3 Å². The maximum absolute atomic E-state index is 4.04. The molecule has 0 spiro atoms. The second-order valence-electron chi connectivity index (χ2n) is 3.96. The van der Waals surface area contributed by atoms with Crippen molar-refractivity contribution < 1.29 is 0 Å². The molecule has 0 atom stereocenters. The molecule has 0 aromatic heterocycles. The zero-order valence-corrected chi connectivity index (χ0v) is 12.3. The molecule has 0 bridgehead atoms. The molecule has 0 heterocycles. The minimum absolute atomic E-state index is 0.423. The van der Waals surface area contributed by atoms with Gasteiger partial charge in [-0.3, -0.25) is 0 Å². The van der Waals surface area contributed by atoms with Gasteiger partial charge in [-0.2, -0.15) is 15.3 Å². The van der Waals surface area contributed by atoms with Crippen LogP contribution in [0.15, 0.2) is 20.4 Å².